The molecule has 23 heavy (non-hydrogen) atoms. The normalized spacial score (nSPS) is 11.1. The summed E-state index contributed by atoms with van der Waals surface area (Å²) in [7, 11) is 0. The van der Waals surface area contributed by atoms with Crippen molar-refractivity contribution >= 4 is 32.9 Å². The highest BCUT2D eigenvalue weighted by Crippen LogP contribution is 2.36. The molecule has 1 aromatic heterocycles. The van der Waals surface area contributed by atoms with Gasteiger partial charge in [0.1, 0.15) is 22.7 Å². The van der Waals surface area contributed by atoms with E-state index < -0.39 is 5.97 Å². The molecule has 0 bridgehead atoms. The van der Waals surface area contributed by atoms with Crippen molar-refractivity contribution in [1.29, 1.82) is 0 Å². The largest absolute Gasteiger partial charge is 0.491 e. The van der Waals surface area contributed by atoms with Crippen LogP contribution in [-0.2, 0) is 0 Å². The van der Waals surface area contributed by atoms with Crippen molar-refractivity contribution < 1.29 is 19.1 Å². The molecule has 3 rings (SSSR count). The average molecular weight is 375 g/mol. The molecular formula is C18H15BrO4. The number of hydrogen-bond donors (Lipinski definition) is 1. The minimum absolute atomic E-state index is 0.0126. The Bertz CT molecular complexity index is 863. The molecule has 1 N–H and O–H groups in total. The number of furan rings is 1. The number of hydrogen-bond acceptors (Lipinski definition) is 3. The van der Waals surface area contributed by atoms with Crippen LogP contribution in [0, 0.1) is 0 Å². The van der Waals surface area contributed by atoms with E-state index in [1.165, 1.54) is 0 Å². The molecule has 5 heteroatoms. The van der Waals surface area contributed by atoms with Crippen LogP contribution in [0.1, 0.15) is 24.2 Å². The number of benzene rings is 2. The first-order chi connectivity index (χ1) is 11.0. The lowest BCUT2D eigenvalue weighted by molar-refractivity contribution is 0.0699. The number of aromatic carboxylic acids is 1. The molecule has 3 aromatic rings. The summed E-state index contributed by atoms with van der Waals surface area (Å²) >= 11 is 3.37. The van der Waals surface area contributed by atoms with E-state index in [9.17, 15) is 9.90 Å². The van der Waals surface area contributed by atoms with Gasteiger partial charge in [-0.15, -0.1) is 0 Å². The monoisotopic (exact) mass is 374 g/mol. The number of fused-ring (bicyclic) bond motifs is 1. The number of carboxylic acids is 1. The lowest BCUT2D eigenvalue weighted by Crippen LogP contribution is -2.05. The molecular weight excluding hydrogens is 360 g/mol. The molecule has 0 unspecified atom stereocenters. The van der Waals surface area contributed by atoms with Gasteiger partial charge in [-0.1, -0.05) is 28.1 Å². The van der Waals surface area contributed by atoms with Crippen LogP contribution in [0.3, 0.4) is 0 Å². The summed E-state index contributed by atoms with van der Waals surface area (Å²) in [5.41, 5.74) is 1.39. The van der Waals surface area contributed by atoms with E-state index in [4.69, 9.17) is 9.15 Å². The zero-order valence-electron chi connectivity index (χ0n) is 12.7. The minimum Gasteiger partial charge on any atom is -0.491 e. The van der Waals surface area contributed by atoms with Gasteiger partial charge in [-0.05, 0) is 44.2 Å². The molecule has 0 aliphatic carbocycles. The van der Waals surface area contributed by atoms with Gasteiger partial charge in [0, 0.05) is 15.4 Å². The smallest absolute Gasteiger partial charge is 0.340 e. The maximum Gasteiger partial charge on any atom is 0.340 e. The quantitative estimate of drug-likeness (QED) is 0.668. The zero-order valence-corrected chi connectivity index (χ0v) is 14.3. The number of ether oxygens (including phenoxy) is 1. The Morgan fingerprint density at radius 3 is 2.48 bits per heavy atom. The molecule has 0 atom stereocenters. The molecule has 1 heterocycles. The first kappa shape index (κ1) is 15.6. The number of carboxylic acid groups (broad SMARTS) is 1. The van der Waals surface area contributed by atoms with E-state index in [0.717, 1.165) is 4.47 Å². The Hall–Kier alpha value is -2.27. The minimum atomic E-state index is -1.02. The number of rotatable bonds is 4. The van der Waals surface area contributed by atoms with Crippen LogP contribution < -0.4 is 4.74 Å². The molecule has 0 saturated carbocycles. The van der Waals surface area contributed by atoms with Gasteiger partial charge in [0.2, 0.25) is 0 Å². The summed E-state index contributed by atoms with van der Waals surface area (Å²) < 4.78 is 12.4. The molecule has 0 aliphatic rings. The van der Waals surface area contributed by atoms with Gasteiger partial charge in [-0.3, -0.25) is 0 Å². The predicted molar refractivity (Wildman–Crippen MR) is 92.1 cm³/mol. The van der Waals surface area contributed by atoms with Gasteiger partial charge >= 0.3 is 5.97 Å². The van der Waals surface area contributed by atoms with Crippen LogP contribution in [-0.4, -0.2) is 17.2 Å². The third-order valence-corrected chi connectivity index (χ3v) is 3.88. The Morgan fingerprint density at radius 1 is 1.17 bits per heavy atom. The topological polar surface area (TPSA) is 59.7 Å². The van der Waals surface area contributed by atoms with E-state index in [0.29, 0.717) is 28.0 Å². The van der Waals surface area contributed by atoms with Crippen LogP contribution >= 0.6 is 15.9 Å². The average Bonchev–Trinajstić information content (AvgIpc) is 2.86. The van der Waals surface area contributed by atoms with Crippen LogP contribution in [0.25, 0.3) is 22.3 Å². The molecule has 0 radical (unpaired) electrons. The summed E-state index contributed by atoms with van der Waals surface area (Å²) in [6.45, 7) is 3.84. The lowest BCUT2D eigenvalue weighted by atomic mass is 10.1. The third-order valence-electron chi connectivity index (χ3n) is 3.35. The maximum absolute atomic E-state index is 11.8. The third kappa shape index (κ3) is 3.10. The van der Waals surface area contributed by atoms with Gasteiger partial charge in [0.15, 0.2) is 0 Å². The summed E-state index contributed by atoms with van der Waals surface area (Å²) in [6, 6.07) is 12.6. The van der Waals surface area contributed by atoms with Gasteiger partial charge in [0.25, 0.3) is 0 Å². The Morgan fingerprint density at radius 2 is 1.87 bits per heavy atom. The van der Waals surface area contributed by atoms with Gasteiger partial charge in [0.05, 0.1) is 6.10 Å². The lowest BCUT2D eigenvalue weighted by Gasteiger charge is -2.09. The molecule has 0 amide bonds. The number of carbonyl (C=O) groups is 1. The summed E-state index contributed by atoms with van der Waals surface area (Å²) in [6.07, 6.45) is 0.0126. The van der Waals surface area contributed by atoms with Crippen LogP contribution in [0.4, 0.5) is 0 Å². The fraction of sp³-hybridized carbons (Fsp3) is 0.167. The molecule has 2 aromatic carbocycles. The summed E-state index contributed by atoms with van der Waals surface area (Å²) in [5, 5.41) is 10.2. The van der Waals surface area contributed by atoms with Crippen molar-refractivity contribution in [3.8, 4) is 17.1 Å². The van der Waals surface area contributed by atoms with E-state index in [2.05, 4.69) is 15.9 Å². The van der Waals surface area contributed by atoms with Crippen molar-refractivity contribution in [1.82, 2.24) is 0 Å². The standard InChI is InChI=1S/C18H15BrO4/c1-10(2)22-13-7-8-15-14(9-13)16(18(20)21)17(23-15)11-3-5-12(19)6-4-11/h3-10H,1-2H3,(H,20,21). The fourth-order valence-corrected chi connectivity index (χ4v) is 2.70. The molecule has 0 aliphatic heterocycles. The Kier molecular flexibility index (Phi) is 4.13. The highest BCUT2D eigenvalue weighted by Gasteiger charge is 2.22. The molecule has 118 valence electrons. The zero-order chi connectivity index (χ0) is 16.6. The van der Waals surface area contributed by atoms with Crippen molar-refractivity contribution in [3.63, 3.8) is 0 Å². The second-order valence-electron chi connectivity index (χ2n) is 5.44. The highest BCUT2D eigenvalue weighted by atomic mass is 79.9. The Labute approximate surface area is 141 Å². The summed E-state index contributed by atoms with van der Waals surface area (Å²) in [5.74, 6) is -0.0526. The second-order valence-corrected chi connectivity index (χ2v) is 6.36. The second kappa shape index (κ2) is 6.08. The van der Waals surface area contributed by atoms with Crippen molar-refractivity contribution in [2.45, 2.75) is 20.0 Å². The maximum atomic E-state index is 11.8. The van der Waals surface area contributed by atoms with Crippen LogP contribution in [0.5, 0.6) is 5.75 Å². The van der Waals surface area contributed by atoms with E-state index >= 15 is 0 Å². The first-order valence-electron chi connectivity index (χ1n) is 7.18. The van der Waals surface area contributed by atoms with Crippen LogP contribution in [0.2, 0.25) is 0 Å². The van der Waals surface area contributed by atoms with E-state index in [1.807, 2.05) is 38.1 Å². The number of halogens is 1. The predicted octanol–water partition coefficient (Wildman–Crippen LogP) is 5.35. The molecule has 0 spiro atoms. The molecule has 0 fully saturated rings. The fourth-order valence-electron chi connectivity index (χ4n) is 2.44. The van der Waals surface area contributed by atoms with Crippen molar-refractivity contribution in [3.05, 3.63) is 52.5 Å². The van der Waals surface area contributed by atoms with E-state index in [1.54, 1.807) is 18.2 Å². The van der Waals surface area contributed by atoms with Gasteiger partial charge in [-0.25, -0.2) is 4.79 Å². The molecule has 0 saturated heterocycles. The summed E-state index contributed by atoms with van der Waals surface area (Å²) in [4.78, 5) is 11.8. The van der Waals surface area contributed by atoms with Gasteiger partial charge in [-0.2, -0.15) is 0 Å². The first-order valence-corrected chi connectivity index (χ1v) is 7.97. The SMILES string of the molecule is CC(C)Oc1ccc2oc(-c3ccc(Br)cc3)c(C(=O)O)c2c1. The van der Waals surface area contributed by atoms with Gasteiger partial charge < -0.3 is 14.3 Å². The molecule has 4 nitrogen and oxygen atoms in total. The highest BCUT2D eigenvalue weighted by molar-refractivity contribution is 9.10. The Balaban J connectivity index is 2.20. The van der Waals surface area contributed by atoms with E-state index in [-0.39, 0.29) is 11.7 Å². The van der Waals surface area contributed by atoms with Crippen molar-refractivity contribution in [2.75, 3.05) is 0 Å². The van der Waals surface area contributed by atoms with Crippen LogP contribution in [0.15, 0.2) is 51.4 Å². The van der Waals surface area contributed by atoms with Crippen molar-refractivity contribution in [2.24, 2.45) is 0 Å².